The molecule has 3 rings (SSSR count). The minimum Gasteiger partial charge on any atom is -0.481 e. The third-order valence-electron chi connectivity index (χ3n) is 5.64. The highest BCUT2D eigenvalue weighted by Crippen LogP contribution is 2.47. The Bertz CT molecular complexity index is 1030. The molecule has 0 bridgehead atoms. The van der Waals surface area contributed by atoms with Crippen LogP contribution in [0.25, 0.3) is 11.0 Å². The summed E-state index contributed by atoms with van der Waals surface area (Å²) in [7, 11) is 0. The van der Waals surface area contributed by atoms with Crippen LogP contribution in [0.3, 0.4) is 0 Å². The predicted octanol–water partition coefficient (Wildman–Crippen LogP) is 6.60. The molecule has 1 aliphatic heterocycles. The fraction of sp³-hybridized carbons (Fsp3) is 0.400. The number of hydrogen-bond donors (Lipinski definition) is 0. The van der Waals surface area contributed by atoms with Crippen LogP contribution in [0.1, 0.15) is 64.5 Å². The van der Waals surface area contributed by atoms with E-state index in [1.807, 2.05) is 39.0 Å². The predicted molar refractivity (Wildman–Crippen MR) is 116 cm³/mol. The second kappa shape index (κ2) is 7.83. The summed E-state index contributed by atoms with van der Waals surface area (Å²) in [6, 6.07) is 5.73. The topological polar surface area (TPSA) is 39.4 Å². The lowest BCUT2D eigenvalue weighted by molar-refractivity contribution is 0.149. The van der Waals surface area contributed by atoms with Crippen LogP contribution in [0.5, 0.6) is 5.75 Å². The number of fused-ring (bicyclic) bond motifs is 3. The lowest BCUT2D eigenvalue weighted by Gasteiger charge is -2.24. The van der Waals surface area contributed by atoms with E-state index in [0.29, 0.717) is 16.9 Å². The normalized spacial score (nSPS) is 21.8. The number of benzene rings is 1. The van der Waals surface area contributed by atoms with Gasteiger partial charge in [-0.1, -0.05) is 48.4 Å². The summed E-state index contributed by atoms with van der Waals surface area (Å²) in [4.78, 5) is 12.6. The van der Waals surface area contributed by atoms with E-state index < -0.39 is 5.60 Å². The zero-order chi connectivity index (χ0) is 20.5. The highest BCUT2D eigenvalue weighted by molar-refractivity contribution is 5.88. The summed E-state index contributed by atoms with van der Waals surface area (Å²) < 4.78 is 12.0. The maximum absolute atomic E-state index is 12.6. The van der Waals surface area contributed by atoms with Gasteiger partial charge >= 0.3 is 5.63 Å². The molecule has 0 aliphatic carbocycles. The lowest BCUT2D eigenvalue weighted by atomic mass is 9.87. The molecule has 3 heteroatoms. The monoisotopic (exact) mass is 378 g/mol. The summed E-state index contributed by atoms with van der Waals surface area (Å²) in [5.74, 6) is 0.589. The number of aryl methyl sites for hydroxylation is 1. The molecule has 2 heterocycles. The molecule has 0 N–H and O–H groups in total. The zero-order valence-corrected chi connectivity index (χ0v) is 17.8. The summed E-state index contributed by atoms with van der Waals surface area (Å²) in [5, 5.41) is 0.898. The standard InChI is InChI=1S/C25H30O3/c1-16(2)10-7-11-17(3)12-9-15-25(6)19(5)22-23(28-25)21-18(4)13-8-14-20(21)27-24(22)26/h8-10,12-15,19H,7,11H2,1-6H3/t19-,25-/m1/s1. The highest BCUT2D eigenvalue weighted by atomic mass is 16.5. The van der Waals surface area contributed by atoms with Gasteiger partial charge in [-0.05, 0) is 65.2 Å². The molecule has 1 aromatic carbocycles. The van der Waals surface area contributed by atoms with Crippen LogP contribution in [0.15, 0.2) is 62.9 Å². The van der Waals surface area contributed by atoms with Crippen LogP contribution in [0, 0.1) is 6.92 Å². The molecule has 1 aromatic heterocycles. The van der Waals surface area contributed by atoms with Crippen molar-refractivity contribution in [2.45, 2.75) is 65.9 Å². The van der Waals surface area contributed by atoms with Crippen LogP contribution >= 0.6 is 0 Å². The average Bonchev–Trinajstić information content (AvgIpc) is 2.86. The van der Waals surface area contributed by atoms with Crippen LogP contribution in [0.2, 0.25) is 0 Å². The van der Waals surface area contributed by atoms with Crippen LogP contribution < -0.4 is 10.4 Å². The van der Waals surface area contributed by atoms with E-state index in [0.717, 1.165) is 23.8 Å². The molecule has 0 radical (unpaired) electrons. The molecule has 0 saturated heterocycles. The van der Waals surface area contributed by atoms with E-state index in [2.05, 4.69) is 45.1 Å². The summed E-state index contributed by atoms with van der Waals surface area (Å²) in [5.41, 5.74) is 4.06. The van der Waals surface area contributed by atoms with Gasteiger partial charge in [0.2, 0.25) is 0 Å². The quantitative estimate of drug-likeness (QED) is 0.334. The molecule has 1 aliphatic rings. The Hall–Kier alpha value is -2.55. The van der Waals surface area contributed by atoms with E-state index in [1.54, 1.807) is 0 Å². The first-order chi connectivity index (χ1) is 13.2. The smallest absolute Gasteiger partial charge is 0.343 e. The second-order valence-electron chi connectivity index (χ2n) is 8.28. The van der Waals surface area contributed by atoms with Crippen molar-refractivity contribution < 1.29 is 9.15 Å². The Morgan fingerprint density at radius 1 is 1.25 bits per heavy atom. The van der Waals surface area contributed by atoms with Gasteiger partial charge in [0.25, 0.3) is 0 Å². The molecule has 148 valence electrons. The molecular formula is C25H30O3. The van der Waals surface area contributed by atoms with Crippen molar-refractivity contribution in [3.8, 4) is 5.75 Å². The van der Waals surface area contributed by atoms with E-state index in [-0.39, 0.29) is 11.5 Å². The van der Waals surface area contributed by atoms with Crippen molar-refractivity contribution in [3.63, 3.8) is 0 Å². The highest BCUT2D eigenvalue weighted by Gasteiger charge is 2.43. The van der Waals surface area contributed by atoms with Crippen molar-refractivity contribution in [2.24, 2.45) is 0 Å². The van der Waals surface area contributed by atoms with Crippen molar-refractivity contribution in [2.75, 3.05) is 0 Å². The minimum absolute atomic E-state index is 0.0848. The van der Waals surface area contributed by atoms with Crippen LogP contribution in [0.4, 0.5) is 0 Å². The van der Waals surface area contributed by atoms with Crippen molar-refractivity contribution in [1.82, 2.24) is 0 Å². The summed E-state index contributed by atoms with van der Waals surface area (Å²) in [6.07, 6.45) is 10.6. The molecule has 0 spiro atoms. The van der Waals surface area contributed by atoms with Gasteiger partial charge in [0.1, 0.15) is 16.9 Å². The third kappa shape index (κ3) is 3.84. The first-order valence-corrected chi connectivity index (χ1v) is 9.96. The third-order valence-corrected chi connectivity index (χ3v) is 5.64. The molecule has 0 unspecified atom stereocenters. The molecule has 0 fully saturated rings. The van der Waals surface area contributed by atoms with Gasteiger partial charge in [0, 0.05) is 5.92 Å². The van der Waals surface area contributed by atoms with Gasteiger partial charge in [0.15, 0.2) is 0 Å². The Kier molecular flexibility index (Phi) is 5.64. The number of hydrogen-bond acceptors (Lipinski definition) is 3. The Labute approximate surface area is 167 Å². The molecule has 28 heavy (non-hydrogen) atoms. The second-order valence-corrected chi connectivity index (χ2v) is 8.28. The van der Waals surface area contributed by atoms with Crippen molar-refractivity contribution in [3.05, 3.63) is 75.2 Å². The molecule has 3 nitrogen and oxygen atoms in total. The number of ether oxygens (including phenoxy) is 1. The first kappa shape index (κ1) is 20.2. The zero-order valence-electron chi connectivity index (χ0n) is 17.8. The Morgan fingerprint density at radius 3 is 2.71 bits per heavy atom. The van der Waals surface area contributed by atoms with Crippen molar-refractivity contribution >= 4 is 11.0 Å². The fourth-order valence-corrected chi connectivity index (χ4v) is 3.73. The summed E-state index contributed by atoms with van der Waals surface area (Å²) >= 11 is 0. The maximum Gasteiger partial charge on any atom is 0.343 e. The SMILES string of the molecule is CC(C)=CCCC(C)=CC=C[C@@]1(C)Oc2c(c(=O)oc3cccc(C)c23)[C@H]1C. The molecule has 0 saturated carbocycles. The molecule has 0 amide bonds. The van der Waals surface area contributed by atoms with Crippen LogP contribution in [-0.4, -0.2) is 5.60 Å². The van der Waals surface area contributed by atoms with Gasteiger partial charge in [-0.15, -0.1) is 0 Å². The van der Waals surface area contributed by atoms with E-state index >= 15 is 0 Å². The fourth-order valence-electron chi connectivity index (χ4n) is 3.73. The lowest BCUT2D eigenvalue weighted by Crippen LogP contribution is -2.31. The summed E-state index contributed by atoms with van der Waals surface area (Å²) in [6.45, 7) is 12.5. The van der Waals surface area contributed by atoms with Gasteiger partial charge in [-0.25, -0.2) is 4.79 Å². The average molecular weight is 379 g/mol. The molecule has 2 aromatic rings. The molecular weight excluding hydrogens is 348 g/mol. The number of rotatable bonds is 5. The Balaban J connectivity index is 1.89. The van der Waals surface area contributed by atoms with Gasteiger partial charge in [0.05, 0.1) is 10.9 Å². The van der Waals surface area contributed by atoms with Gasteiger partial charge < -0.3 is 9.15 Å². The molecule has 2 atom stereocenters. The van der Waals surface area contributed by atoms with Crippen molar-refractivity contribution in [1.29, 1.82) is 0 Å². The Morgan fingerprint density at radius 2 is 2.00 bits per heavy atom. The van der Waals surface area contributed by atoms with E-state index in [4.69, 9.17) is 9.15 Å². The van der Waals surface area contributed by atoms with Gasteiger partial charge in [-0.2, -0.15) is 0 Å². The maximum atomic E-state index is 12.6. The van der Waals surface area contributed by atoms with Crippen LogP contribution in [-0.2, 0) is 0 Å². The van der Waals surface area contributed by atoms with E-state index in [9.17, 15) is 4.79 Å². The van der Waals surface area contributed by atoms with Gasteiger partial charge in [-0.3, -0.25) is 0 Å². The van der Waals surface area contributed by atoms with E-state index in [1.165, 1.54) is 11.1 Å². The first-order valence-electron chi connectivity index (χ1n) is 9.96. The largest absolute Gasteiger partial charge is 0.481 e. The minimum atomic E-state index is -0.579. The number of allylic oxidation sites excluding steroid dienone is 5.